The molecule has 0 saturated carbocycles. The van der Waals surface area contributed by atoms with Gasteiger partial charge in [0.25, 0.3) is 0 Å². The van der Waals surface area contributed by atoms with Crippen LogP contribution in [0.5, 0.6) is 11.5 Å². The molecule has 2 aromatic rings. The molecule has 0 aliphatic carbocycles. The van der Waals surface area contributed by atoms with Crippen molar-refractivity contribution in [2.75, 3.05) is 33.9 Å². The number of nitrogens with one attached hydrogen (secondary N) is 1. The van der Waals surface area contributed by atoms with Crippen molar-refractivity contribution in [3.05, 3.63) is 35.7 Å². The highest BCUT2D eigenvalue weighted by Gasteiger charge is 2.29. The first kappa shape index (κ1) is 20.7. The molecule has 1 N–H and O–H groups in total. The number of carbonyl (C=O) groups excluding carboxylic acids is 1. The van der Waals surface area contributed by atoms with E-state index in [4.69, 9.17) is 14.0 Å². The number of hydrogen-bond donors (Lipinski definition) is 1. The van der Waals surface area contributed by atoms with Crippen LogP contribution in [0.3, 0.4) is 0 Å². The Morgan fingerprint density at radius 2 is 1.85 bits per heavy atom. The third kappa shape index (κ3) is 5.20. The summed E-state index contributed by atoms with van der Waals surface area (Å²) in [7, 11) is -0.953. The van der Waals surface area contributed by atoms with Gasteiger partial charge in [0.2, 0.25) is 15.9 Å². The number of carbonyl (C=O) groups is 1. The topological polar surface area (TPSA) is 111 Å². The first-order chi connectivity index (χ1) is 12.8. The van der Waals surface area contributed by atoms with Crippen LogP contribution in [0.1, 0.15) is 11.5 Å². The number of hydrogen-bond acceptors (Lipinski definition) is 7. The lowest BCUT2D eigenvalue weighted by molar-refractivity contribution is -0.121. The smallest absolute Gasteiger partial charge is 0.248 e. The Kier molecular flexibility index (Phi) is 6.81. The summed E-state index contributed by atoms with van der Waals surface area (Å²) in [5.41, 5.74) is 0.257. The molecule has 0 aliphatic rings. The second-order valence-electron chi connectivity index (χ2n) is 5.79. The summed E-state index contributed by atoms with van der Waals surface area (Å²) in [6, 6.07) is 7.04. The van der Waals surface area contributed by atoms with Crippen molar-refractivity contribution in [1.29, 1.82) is 0 Å². The first-order valence-electron chi connectivity index (χ1n) is 8.18. The van der Waals surface area contributed by atoms with E-state index in [0.29, 0.717) is 5.75 Å². The molecule has 0 unspecified atom stereocenters. The highest BCUT2D eigenvalue weighted by molar-refractivity contribution is 7.89. The molecule has 0 atom stereocenters. The summed E-state index contributed by atoms with van der Waals surface area (Å²) < 4.78 is 41.5. The van der Waals surface area contributed by atoms with Crippen molar-refractivity contribution in [1.82, 2.24) is 14.8 Å². The Hall–Kier alpha value is -2.59. The van der Waals surface area contributed by atoms with Crippen molar-refractivity contribution < 1.29 is 27.2 Å². The van der Waals surface area contributed by atoms with Crippen molar-refractivity contribution in [3.8, 4) is 11.5 Å². The van der Waals surface area contributed by atoms with E-state index in [1.165, 1.54) is 20.9 Å². The Labute approximate surface area is 158 Å². The molecule has 10 heteroatoms. The van der Waals surface area contributed by atoms with Crippen molar-refractivity contribution in [2.24, 2.45) is 0 Å². The summed E-state index contributed by atoms with van der Waals surface area (Å²) in [4.78, 5) is 12.0. The maximum absolute atomic E-state index is 12.5. The molecule has 148 valence electrons. The molecule has 1 amide bonds. The summed E-state index contributed by atoms with van der Waals surface area (Å²) >= 11 is 0. The van der Waals surface area contributed by atoms with Crippen LogP contribution < -0.4 is 14.8 Å². The van der Waals surface area contributed by atoms with Crippen LogP contribution in [0, 0.1) is 13.8 Å². The van der Waals surface area contributed by atoms with E-state index in [9.17, 15) is 13.2 Å². The molecule has 1 heterocycles. The second kappa shape index (κ2) is 8.87. The number of sulfonamides is 1. The summed E-state index contributed by atoms with van der Waals surface area (Å²) in [5.74, 6) is 1.11. The third-order valence-corrected chi connectivity index (χ3v) is 5.80. The van der Waals surface area contributed by atoms with E-state index in [0.717, 1.165) is 10.1 Å². The summed E-state index contributed by atoms with van der Waals surface area (Å²) in [5, 5.41) is 6.26. The van der Waals surface area contributed by atoms with E-state index < -0.39 is 15.9 Å². The molecule has 27 heavy (non-hydrogen) atoms. The number of rotatable bonds is 9. The number of likely N-dealkylation sites (N-methyl/N-ethyl adjacent to an activating group) is 1. The lowest BCUT2D eigenvalue weighted by Crippen LogP contribution is -2.39. The molecule has 0 bridgehead atoms. The lowest BCUT2D eigenvalue weighted by atomic mass is 10.3. The number of benzene rings is 1. The van der Waals surface area contributed by atoms with Gasteiger partial charge in [0.05, 0.1) is 20.2 Å². The Balaban J connectivity index is 1.81. The number of aryl methyl sites for hydroxylation is 2. The van der Waals surface area contributed by atoms with E-state index in [1.807, 2.05) is 0 Å². The molecular formula is C17H23N3O6S. The second-order valence-corrected chi connectivity index (χ2v) is 7.77. The van der Waals surface area contributed by atoms with Crippen LogP contribution >= 0.6 is 0 Å². The zero-order chi connectivity index (χ0) is 20.0. The first-order valence-corrected chi connectivity index (χ1v) is 9.62. The molecule has 0 spiro atoms. The minimum atomic E-state index is -3.86. The van der Waals surface area contributed by atoms with Crippen LogP contribution in [-0.2, 0) is 14.8 Å². The van der Waals surface area contributed by atoms with Crippen LogP contribution in [0.15, 0.2) is 33.7 Å². The fourth-order valence-corrected chi connectivity index (χ4v) is 3.78. The lowest BCUT2D eigenvalue weighted by Gasteiger charge is -2.16. The zero-order valence-electron chi connectivity index (χ0n) is 15.7. The highest BCUT2D eigenvalue weighted by atomic mass is 32.2. The maximum atomic E-state index is 12.5. The molecule has 9 nitrogen and oxygen atoms in total. The van der Waals surface area contributed by atoms with Gasteiger partial charge in [-0.25, -0.2) is 8.42 Å². The molecule has 0 fully saturated rings. The van der Waals surface area contributed by atoms with E-state index in [2.05, 4.69) is 10.5 Å². The quantitative estimate of drug-likeness (QED) is 0.631. The maximum Gasteiger partial charge on any atom is 0.248 e. The zero-order valence-corrected chi connectivity index (χ0v) is 16.5. The van der Waals surface area contributed by atoms with Gasteiger partial charge in [-0.05, 0) is 38.1 Å². The van der Waals surface area contributed by atoms with Gasteiger partial charge in [0.15, 0.2) is 5.76 Å². The van der Waals surface area contributed by atoms with Gasteiger partial charge in [0, 0.05) is 7.05 Å². The third-order valence-electron chi connectivity index (χ3n) is 3.75. The predicted octanol–water partition coefficient (Wildman–Crippen LogP) is 1.12. The van der Waals surface area contributed by atoms with E-state index in [1.54, 1.807) is 31.4 Å². The van der Waals surface area contributed by atoms with Crippen LogP contribution in [0.4, 0.5) is 0 Å². The fraction of sp³-hybridized carbons (Fsp3) is 0.412. The van der Waals surface area contributed by atoms with Crippen molar-refractivity contribution in [2.45, 2.75) is 18.7 Å². The molecule has 1 aromatic heterocycles. The minimum absolute atomic E-state index is 0.0133. The average Bonchev–Trinajstić information content (AvgIpc) is 2.98. The van der Waals surface area contributed by atoms with Gasteiger partial charge in [-0.15, -0.1) is 0 Å². The summed E-state index contributed by atoms with van der Waals surface area (Å²) in [6.07, 6.45) is 0. The summed E-state index contributed by atoms with van der Waals surface area (Å²) in [6.45, 7) is 3.21. The molecule has 0 radical (unpaired) electrons. The van der Waals surface area contributed by atoms with Crippen LogP contribution in [0.25, 0.3) is 0 Å². The van der Waals surface area contributed by atoms with Crippen LogP contribution in [0.2, 0.25) is 0 Å². The van der Waals surface area contributed by atoms with Gasteiger partial charge in [0.1, 0.15) is 28.7 Å². The van der Waals surface area contributed by atoms with E-state index in [-0.39, 0.29) is 36.0 Å². The number of ether oxygens (including phenoxy) is 2. The van der Waals surface area contributed by atoms with Gasteiger partial charge < -0.3 is 19.3 Å². The Morgan fingerprint density at radius 3 is 2.41 bits per heavy atom. The monoisotopic (exact) mass is 397 g/mol. The van der Waals surface area contributed by atoms with E-state index >= 15 is 0 Å². The fourth-order valence-electron chi connectivity index (χ4n) is 2.37. The average molecular weight is 397 g/mol. The standard InChI is InChI=1S/C17H23N3O6S/c1-12-17(13(2)26-19-12)27(22,23)20(3)11-16(21)18-9-10-25-15-7-5-14(24-4)6-8-15/h5-8H,9-11H2,1-4H3,(H,18,21). The van der Waals surface area contributed by atoms with Crippen LogP contribution in [-0.4, -0.2) is 57.6 Å². The molecule has 0 aliphatic heterocycles. The minimum Gasteiger partial charge on any atom is -0.497 e. The Morgan fingerprint density at radius 1 is 1.22 bits per heavy atom. The molecular weight excluding hydrogens is 374 g/mol. The molecule has 0 saturated heterocycles. The van der Waals surface area contributed by atoms with Gasteiger partial charge in [-0.3, -0.25) is 4.79 Å². The van der Waals surface area contributed by atoms with Crippen molar-refractivity contribution >= 4 is 15.9 Å². The SMILES string of the molecule is COc1ccc(OCCNC(=O)CN(C)S(=O)(=O)c2c(C)noc2C)cc1. The van der Waals surface area contributed by atoms with Crippen molar-refractivity contribution in [3.63, 3.8) is 0 Å². The molecule has 1 aromatic carbocycles. The number of nitrogens with zero attached hydrogens (tertiary/aromatic N) is 2. The highest BCUT2D eigenvalue weighted by Crippen LogP contribution is 2.22. The normalized spacial score (nSPS) is 11.4. The van der Waals surface area contributed by atoms with Gasteiger partial charge >= 0.3 is 0 Å². The number of aromatic nitrogens is 1. The number of amides is 1. The molecule has 2 rings (SSSR count). The van der Waals surface area contributed by atoms with Gasteiger partial charge in [-0.2, -0.15) is 4.31 Å². The van der Waals surface area contributed by atoms with Gasteiger partial charge in [-0.1, -0.05) is 5.16 Å². The number of methoxy groups -OCH3 is 1. The largest absolute Gasteiger partial charge is 0.497 e. The predicted molar refractivity (Wildman–Crippen MR) is 97.3 cm³/mol. The Bertz CT molecular complexity index is 857.